The maximum atomic E-state index is 12.9. The van der Waals surface area contributed by atoms with Gasteiger partial charge in [-0.2, -0.15) is 0 Å². The van der Waals surface area contributed by atoms with Gasteiger partial charge >= 0.3 is 0 Å². The Morgan fingerprint density at radius 1 is 1.23 bits per heavy atom. The Kier molecular flexibility index (Phi) is 4.80. The molecule has 0 spiro atoms. The molecule has 3 rings (SSSR count). The van der Waals surface area contributed by atoms with Gasteiger partial charge in [-0.05, 0) is 42.0 Å². The summed E-state index contributed by atoms with van der Waals surface area (Å²) in [6.45, 7) is 1.28. The summed E-state index contributed by atoms with van der Waals surface area (Å²) < 4.78 is 5.16. The van der Waals surface area contributed by atoms with Gasteiger partial charge in [0.15, 0.2) is 0 Å². The lowest BCUT2D eigenvalue weighted by atomic mass is 10.1. The van der Waals surface area contributed by atoms with E-state index in [1.807, 2.05) is 59.1 Å². The second-order valence-electron chi connectivity index (χ2n) is 5.26. The molecule has 3 nitrogen and oxygen atoms in total. The van der Waals surface area contributed by atoms with Crippen LogP contribution < -0.4 is 4.90 Å². The average Bonchev–Trinajstić information content (AvgIpc) is 2.77. The Labute approximate surface area is 135 Å². The van der Waals surface area contributed by atoms with Gasteiger partial charge in [-0.3, -0.25) is 4.79 Å². The van der Waals surface area contributed by atoms with Crippen LogP contribution in [-0.4, -0.2) is 25.3 Å². The first-order chi connectivity index (χ1) is 10.8. The van der Waals surface area contributed by atoms with Crippen molar-refractivity contribution in [2.75, 3.05) is 24.3 Å². The third-order valence-corrected chi connectivity index (χ3v) is 4.82. The number of anilines is 1. The van der Waals surface area contributed by atoms with E-state index in [4.69, 9.17) is 4.74 Å². The summed E-state index contributed by atoms with van der Waals surface area (Å²) in [5, 5.41) is 0. The lowest BCUT2D eigenvalue weighted by molar-refractivity contribution is 0.0986. The number of hydrogen-bond donors (Lipinski definition) is 0. The van der Waals surface area contributed by atoms with Crippen molar-refractivity contribution in [2.24, 2.45) is 0 Å². The van der Waals surface area contributed by atoms with Crippen LogP contribution >= 0.6 is 11.8 Å². The molecular weight excluding hydrogens is 294 g/mol. The first-order valence-electron chi connectivity index (χ1n) is 7.41. The Hall–Kier alpha value is -1.78. The molecule has 1 aliphatic heterocycles. The smallest absolute Gasteiger partial charge is 0.258 e. The molecule has 1 aliphatic rings. The zero-order chi connectivity index (χ0) is 15.4. The van der Waals surface area contributed by atoms with Crippen molar-refractivity contribution in [1.82, 2.24) is 0 Å². The van der Waals surface area contributed by atoms with Gasteiger partial charge < -0.3 is 9.64 Å². The second kappa shape index (κ2) is 6.99. The molecule has 0 unspecified atom stereocenters. The van der Waals surface area contributed by atoms with Crippen LogP contribution in [-0.2, 0) is 11.3 Å². The van der Waals surface area contributed by atoms with Gasteiger partial charge in [0.05, 0.1) is 12.3 Å². The van der Waals surface area contributed by atoms with Gasteiger partial charge in [-0.25, -0.2) is 0 Å². The molecule has 0 saturated heterocycles. The van der Waals surface area contributed by atoms with Crippen molar-refractivity contribution in [3.05, 3.63) is 59.7 Å². The van der Waals surface area contributed by atoms with Crippen LogP contribution in [0.2, 0.25) is 0 Å². The highest BCUT2D eigenvalue weighted by atomic mass is 32.2. The first-order valence-corrected chi connectivity index (χ1v) is 8.40. The van der Waals surface area contributed by atoms with Crippen LogP contribution in [0.4, 0.5) is 5.69 Å². The lowest BCUT2D eigenvalue weighted by Crippen LogP contribution is -2.31. The average molecular weight is 313 g/mol. The number of nitrogens with zero attached hydrogens (tertiary/aromatic N) is 1. The zero-order valence-electron chi connectivity index (χ0n) is 12.6. The summed E-state index contributed by atoms with van der Waals surface area (Å²) in [5.74, 6) is 1.11. The van der Waals surface area contributed by atoms with E-state index in [1.54, 1.807) is 7.11 Å². The van der Waals surface area contributed by atoms with Gasteiger partial charge in [0.25, 0.3) is 5.91 Å². The van der Waals surface area contributed by atoms with Crippen molar-refractivity contribution in [1.29, 1.82) is 0 Å². The minimum absolute atomic E-state index is 0.0629. The summed E-state index contributed by atoms with van der Waals surface area (Å²) in [5.41, 5.74) is 2.76. The van der Waals surface area contributed by atoms with Gasteiger partial charge in [0.1, 0.15) is 0 Å². The number of ether oxygens (including phenoxy) is 1. The highest BCUT2D eigenvalue weighted by Crippen LogP contribution is 2.34. The van der Waals surface area contributed by atoms with Gasteiger partial charge in [-0.15, -0.1) is 11.8 Å². The van der Waals surface area contributed by atoms with Gasteiger partial charge in [-0.1, -0.05) is 24.3 Å². The van der Waals surface area contributed by atoms with Crippen molar-refractivity contribution in [3.8, 4) is 0 Å². The van der Waals surface area contributed by atoms with E-state index in [2.05, 4.69) is 6.07 Å². The Bertz CT molecular complexity index is 672. The number of amides is 1. The molecular formula is C18H19NO2S. The van der Waals surface area contributed by atoms with E-state index in [9.17, 15) is 4.79 Å². The number of thioether (sulfide) groups is 1. The number of rotatable bonds is 3. The molecule has 0 bridgehead atoms. The fraction of sp³-hybridized carbons (Fsp3) is 0.278. The minimum Gasteiger partial charge on any atom is -0.380 e. The largest absolute Gasteiger partial charge is 0.380 e. The summed E-state index contributed by atoms with van der Waals surface area (Å²) in [6.07, 6.45) is 1.00. The summed E-state index contributed by atoms with van der Waals surface area (Å²) in [6, 6.07) is 15.8. The predicted molar refractivity (Wildman–Crippen MR) is 90.6 cm³/mol. The molecule has 2 aromatic carbocycles. The van der Waals surface area contributed by atoms with Crippen LogP contribution in [0, 0.1) is 0 Å². The molecule has 0 N–H and O–H groups in total. The quantitative estimate of drug-likeness (QED) is 0.858. The molecule has 0 fully saturated rings. The number of benzene rings is 2. The summed E-state index contributed by atoms with van der Waals surface area (Å²) in [7, 11) is 1.66. The lowest BCUT2D eigenvalue weighted by Gasteiger charge is -2.22. The molecule has 114 valence electrons. The van der Waals surface area contributed by atoms with Crippen molar-refractivity contribution < 1.29 is 9.53 Å². The van der Waals surface area contributed by atoms with Crippen LogP contribution in [0.3, 0.4) is 0 Å². The van der Waals surface area contributed by atoms with E-state index in [0.29, 0.717) is 6.61 Å². The summed E-state index contributed by atoms with van der Waals surface area (Å²) >= 11 is 1.82. The molecule has 0 radical (unpaired) electrons. The Morgan fingerprint density at radius 2 is 2.09 bits per heavy atom. The van der Waals surface area contributed by atoms with Crippen molar-refractivity contribution in [2.45, 2.75) is 17.9 Å². The maximum absolute atomic E-state index is 12.9. The zero-order valence-corrected chi connectivity index (χ0v) is 13.4. The summed E-state index contributed by atoms with van der Waals surface area (Å²) in [4.78, 5) is 16.0. The number of fused-ring (bicyclic) bond motifs is 1. The second-order valence-corrected chi connectivity index (χ2v) is 6.40. The molecule has 0 aliphatic carbocycles. The molecule has 4 heteroatoms. The minimum atomic E-state index is 0.0629. The van der Waals surface area contributed by atoms with E-state index in [0.717, 1.165) is 35.5 Å². The standard InChI is InChI=1S/C18H19NO2S/c1-21-13-14-6-4-7-15(12-14)18(20)19-10-5-11-22-17-9-3-2-8-16(17)19/h2-4,6-9,12H,5,10-11,13H2,1H3. The number of methoxy groups -OCH3 is 1. The van der Waals surface area contributed by atoms with E-state index in [-0.39, 0.29) is 5.91 Å². The molecule has 0 saturated carbocycles. The third-order valence-electron chi connectivity index (χ3n) is 3.67. The van der Waals surface area contributed by atoms with Gasteiger partial charge in [0, 0.05) is 24.1 Å². The van der Waals surface area contributed by atoms with E-state index < -0.39 is 0 Å². The molecule has 1 amide bonds. The van der Waals surface area contributed by atoms with E-state index >= 15 is 0 Å². The van der Waals surface area contributed by atoms with Crippen LogP contribution in [0.25, 0.3) is 0 Å². The van der Waals surface area contributed by atoms with Crippen molar-refractivity contribution in [3.63, 3.8) is 0 Å². The maximum Gasteiger partial charge on any atom is 0.258 e. The SMILES string of the molecule is COCc1cccc(C(=O)N2CCCSc3ccccc32)c1. The third kappa shape index (κ3) is 3.18. The highest BCUT2D eigenvalue weighted by Gasteiger charge is 2.22. The molecule has 1 heterocycles. The Balaban J connectivity index is 1.93. The molecule has 22 heavy (non-hydrogen) atoms. The van der Waals surface area contributed by atoms with E-state index in [1.165, 1.54) is 4.90 Å². The fourth-order valence-corrected chi connectivity index (χ4v) is 3.65. The Morgan fingerprint density at radius 3 is 2.95 bits per heavy atom. The van der Waals surface area contributed by atoms with Crippen LogP contribution in [0.5, 0.6) is 0 Å². The predicted octanol–water partition coefficient (Wildman–Crippen LogP) is 3.98. The number of hydrogen-bond acceptors (Lipinski definition) is 3. The molecule has 0 aromatic heterocycles. The van der Waals surface area contributed by atoms with Crippen LogP contribution in [0.15, 0.2) is 53.4 Å². The topological polar surface area (TPSA) is 29.5 Å². The number of para-hydroxylation sites is 1. The molecule has 2 aromatic rings. The fourth-order valence-electron chi connectivity index (χ4n) is 2.66. The number of carbonyl (C=O) groups excluding carboxylic acids is 1. The normalized spacial score (nSPS) is 14.3. The highest BCUT2D eigenvalue weighted by molar-refractivity contribution is 7.99. The monoisotopic (exact) mass is 313 g/mol. The van der Waals surface area contributed by atoms with Gasteiger partial charge in [0.2, 0.25) is 0 Å². The number of carbonyl (C=O) groups is 1. The molecule has 0 atom stereocenters. The first kappa shape index (κ1) is 15.1. The van der Waals surface area contributed by atoms with Crippen LogP contribution in [0.1, 0.15) is 22.3 Å². The van der Waals surface area contributed by atoms with Crippen molar-refractivity contribution >= 4 is 23.4 Å².